The number of aryl methyl sites for hydroxylation is 1. The van der Waals surface area contributed by atoms with Crippen LogP contribution in [0.1, 0.15) is 5.56 Å². The van der Waals surface area contributed by atoms with E-state index in [1.54, 1.807) is 12.1 Å². The third kappa shape index (κ3) is 4.97. The first-order valence-electron chi connectivity index (χ1n) is 8.71. The Hall–Kier alpha value is -2.09. The minimum atomic E-state index is -3.66. The third-order valence-corrected chi connectivity index (χ3v) is 5.50. The van der Waals surface area contributed by atoms with E-state index in [2.05, 4.69) is 41.0 Å². The molecule has 2 aromatic rings. The van der Waals surface area contributed by atoms with E-state index in [1.165, 1.54) is 23.4 Å². The van der Waals surface area contributed by atoms with Gasteiger partial charge in [0.1, 0.15) is 12.4 Å². The van der Waals surface area contributed by atoms with E-state index >= 15 is 0 Å². The molecule has 1 fully saturated rings. The van der Waals surface area contributed by atoms with Gasteiger partial charge in [0.15, 0.2) is 0 Å². The molecule has 3 rings (SSSR count). The molecule has 0 saturated carbocycles. The van der Waals surface area contributed by atoms with Gasteiger partial charge in [-0.1, -0.05) is 12.1 Å². The highest BCUT2D eigenvalue weighted by Gasteiger charge is 2.17. The highest BCUT2D eigenvalue weighted by atomic mass is 32.2. The Morgan fingerprint density at radius 2 is 1.73 bits per heavy atom. The number of piperazine rings is 1. The number of sulfonamides is 1. The molecular weight excluding hydrogens is 350 g/mol. The molecule has 0 unspecified atom stereocenters. The van der Waals surface area contributed by atoms with Crippen molar-refractivity contribution in [1.29, 1.82) is 0 Å². The van der Waals surface area contributed by atoms with Gasteiger partial charge in [0.05, 0.1) is 4.90 Å². The van der Waals surface area contributed by atoms with E-state index < -0.39 is 10.0 Å². The van der Waals surface area contributed by atoms with Gasteiger partial charge >= 0.3 is 0 Å². The summed E-state index contributed by atoms with van der Waals surface area (Å²) in [5, 5.41) is 5.09. The van der Waals surface area contributed by atoms with Gasteiger partial charge in [-0.2, -0.15) is 0 Å². The van der Waals surface area contributed by atoms with Crippen LogP contribution in [0.5, 0.6) is 5.75 Å². The lowest BCUT2D eigenvalue weighted by atomic mass is 10.2. The Bertz CT molecular complexity index is 829. The van der Waals surface area contributed by atoms with Gasteiger partial charge in [-0.05, 0) is 48.9 Å². The molecule has 7 heteroatoms. The van der Waals surface area contributed by atoms with Gasteiger partial charge in [0.2, 0.25) is 10.0 Å². The predicted octanol–water partition coefficient (Wildman–Crippen LogP) is 1.84. The quantitative estimate of drug-likeness (QED) is 0.834. The fourth-order valence-electron chi connectivity index (χ4n) is 3.07. The van der Waals surface area contributed by atoms with Gasteiger partial charge < -0.3 is 9.64 Å². The second-order valence-corrected chi connectivity index (χ2v) is 8.09. The fraction of sp³-hybridized carbons (Fsp3) is 0.368. The Labute approximate surface area is 155 Å². The van der Waals surface area contributed by atoms with E-state index in [4.69, 9.17) is 9.88 Å². The van der Waals surface area contributed by atoms with Crippen molar-refractivity contribution >= 4 is 15.7 Å². The fourth-order valence-corrected chi connectivity index (χ4v) is 3.59. The number of benzene rings is 2. The first-order chi connectivity index (χ1) is 12.4. The van der Waals surface area contributed by atoms with Crippen LogP contribution in [-0.4, -0.2) is 52.6 Å². The van der Waals surface area contributed by atoms with Crippen molar-refractivity contribution in [3.8, 4) is 5.75 Å². The molecule has 0 spiro atoms. The lowest BCUT2D eigenvalue weighted by molar-refractivity contribution is 0.200. The number of anilines is 1. The lowest BCUT2D eigenvalue weighted by Gasteiger charge is -2.36. The van der Waals surface area contributed by atoms with Crippen LogP contribution < -0.4 is 14.8 Å². The van der Waals surface area contributed by atoms with E-state index in [0.717, 1.165) is 32.7 Å². The molecule has 0 aromatic heterocycles. The molecule has 1 aliphatic rings. The van der Waals surface area contributed by atoms with E-state index in [1.807, 2.05) is 0 Å². The molecule has 2 N–H and O–H groups in total. The highest BCUT2D eigenvalue weighted by Crippen LogP contribution is 2.18. The topological polar surface area (TPSA) is 75.9 Å². The smallest absolute Gasteiger partial charge is 0.238 e. The molecule has 1 heterocycles. The summed E-state index contributed by atoms with van der Waals surface area (Å²) in [5.41, 5.74) is 2.57. The molecule has 0 atom stereocenters. The van der Waals surface area contributed by atoms with E-state index in [9.17, 15) is 8.42 Å². The van der Waals surface area contributed by atoms with Crippen LogP contribution in [0.3, 0.4) is 0 Å². The first kappa shape index (κ1) is 18.7. The average molecular weight is 375 g/mol. The molecule has 0 aliphatic carbocycles. The van der Waals surface area contributed by atoms with Crippen molar-refractivity contribution in [1.82, 2.24) is 4.90 Å². The number of hydrogen-bond acceptors (Lipinski definition) is 5. The summed E-state index contributed by atoms with van der Waals surface area (Å²) in [6, 6.07) is 14.8. The van der Waals surface area contributed by atoms with Crippen molar-refractivity contribution in [2.24, 2.45) is 5.14 Å². The summed E-state index contributed by atoms with van der Waals surface area (Å²) < 4.78 is 28.2. The van der Waals surface area contributed by atoms with Crippen LogP contribution in [0, 0.1) is 6.92 Å². The molecule has 26 heavy (non-hydrogen) atoms. The zero-order valence-electron chi connectivity index (χ0n) is 15.0. The molecule has 1 aliphatic heterocycles. The Morgan fingerprint density at radius 1 is 1.04 bits per heavy atom. The van der Waals surface area contributed by atoms with Crippen molar-refractivity contribution in [2.45, 2.75) is 11.8 Å². The maximum absolute atomic E-state index is 11.2. The SMILES string of the molecule is Cc1cccc(N2CCN(CCOc3ccc(S(N)(=O)=O)cc3)CC2)c1. The maximum atomic E-state index is 11.2. The van der Waals surface area contributed by atoms with Crippen LogP contribution in [0.15, 0.2) is 53.4 Å². The number of nitrogens with zero attached hydrogens (tertiary/aromatic N) is 2. The zero-order valence-corrected chi connectivity index (χ0v) is 15.8. The summed E-state index contributed by atoms with van der Waals surface area (Å²) in [6.45, 7) is 7.55. The summed E-state index contributed by atoms with van der Waals surface area (Å²) in [6.07, 6.45) is 0. The Balaban J connectivity index is 1.43. The minimum Gasteiger partial charge on any atom is -0.492 e. The van der Waals surface area contributed by atoms with Crippen molar-refractivity contribution in [2.75, 3.05) is 44.2 Å². The van der Waals surface area contributed by atoms with Crippen molar-refractivity contribution in [3.05, 3.63) is 54.1 Å². The molecular formula is C19H25N3O3S. The van der Waals surface area contributed by atoms with Crippen LogP contribution in [0.25, 0.3) is 0 Å². The average Bonchev–Trinajstić information content (AvgIpc) is 2.62. The van der Waals surface area contributed by atoms with Crippen molar-refractivity contribution in [3.63, 3.8) is 0 Å². The van der Waals surface area contributed by atoms with Gasteiger partial charge in [0.25, 0.3) is 0 Å². The maximum Gasteiger partial charge on any atom is 0.238 e. The lowest BCUT2D eigenvalue weighted by Crippen LogP contribution is -2.47. The largest absolute Gasteiger partial charge is 0.492 e. The van der Waals surface area contributed by atoms with E-state index in [0.29, 0.717) is 12.4 Å². The normalized spacial score (nSPS) is 15.8. The molecule has 0 amide bonds. The zero-order chi connectivity index (χ0) is 18.6. The molecule has 0 radical (unpaired) electrons. The predicted molar refractivity (Wildman–Crippen MR) is 103 cm³/mol. The van der Waals surface area contributed by atoms with Gasteiger partial charge in [0, 0.05) is 38.4 Å². The van der Waals surface area contributed by atoms with E-state index in [-0.39, 0.29) is 4.90 Å². The van der Waals surface area contributed by atoms with Gasteiger partial charge in [-0.3, -0.25) is 4.90 Å². The van der Waals surface area contributed by atoms with Crippen LogP contribution in [-0.2, 0) is 10.0 Å². The number of rotatable bonds is 6. The second-order valence-electron chi connectivity index (χ2n) is 6.53. The first-order valence-corrected chi connectivity index (χ1v) is 10.3. The number of hydrogen-bond donors (Lipinski definition) is 1. The summed E-state index contributed by atoms with van der Waals surface area (Å²) in [7, 11) is -3.66. The van der Waals surface area contributed by atoms with Gasteiger partial charge in [-0.15, -0.1) is 0 Å². The van der Waals surface area contributed by atoms with Gasteiger partial charge in [-0.25, -0.2) is 13.6 Å². The van der Waals surface area contributed by atoms with Crippen molar-refractivity contribution < 1.29 is 13.2 Å². The monoisotopic (exact) mass is 375 g/mol. The molecule has 140 valence electrons. The number of ether oxygens (including phenoxy) is 1. The number of nitrogens with two attached hydrogens (primary N) is 1. The molecule has 2 aromatic carbocycles. The van der Waals surface area contributed by atoms with Crippen LogP contribution >= 0.6 is 0 Å². The Kier molecular flexibility index (Phi) is 5.80. The second kappa shape index (κ2) is 8.07. The minimum absolute atomic E-state index is 0.0946. The molecule has 0 bridgehead atoms. The summed E-state index contributed by atoms with van der Waals surface area (Å²) in [5.74, 6) is 0.649. The molecule has 6 nitrogen and oxygen atoms in total. The van der Waals surface area contributed by atoms with Crippen LogP contribution in [0.2, 0.25) is 0 Å². The van der Waals surface area contributed by atoms with Crippen LogP contribution in [0.4, 0.5) is 5.69 Å². The standard InChI is InChI=1S/C19H25N3O3S/c1-16-3-2-4-17(15-16)22-11-9-21(10-12-22)13-14-25-18-5-7-19(8-6-18)26(20,23)24/h2-8,15H,9-14H2,1H3,(H2,20,23,24). The summed E-state index contributed by atoms with van der Waals surface area (Å²) >= 11 is 0. The highest BCUT2D eigenvalue weighted by molar-refractivity contribution is 7.89. The Morgan fingerprint density at radius 3 is 2.35 bits per heavy atom. The molecule has 1 saturated heterocycles. The third-order valence-electron chi connectivity index (χ3n) is 4.57. The summed E-state index contributed by atoms with van der Waals surface area (Å²) in [4.78, 5) is 4.89. The number of primary sulfonamides is 1.